The maximum Gasteiger partial charge on any atom is 0.308 e. The highest BCUT2D eigenvalue weighted by Gasteiger charge is 2.36. The van der Waals surface area contributed by atoms with E-state index in [4.69, 9.17) is 14.2 Å². The van der Waals surface area contributed by atoms with Crippen LogP contribution in [0, 0.1) is 0 Å². The Bertz CT molecular complexity index is 743. The molecule has 0 N–H and O–H groups in total. The van der Waals surface area contributed by atoms with Crippen LogP contribution in [0.5, 0.6) is 0 Å². The normalized spacial score (nSPS) is 23.3. The summed E-state index contributed by atoms with van der Waals surface area (Å²) in [4.78, 5) is 16.8. The number of thiazole rings is 1. The smallest absolute Gasteiger partial charge is 0.308 e. The van der Waals surface area contributed by atoms with Gasteiger partial charge in [-0.05, 0) is 39.3 Å². The molecule has 1 aliphatic heterocycles. The third-order valence-corrected chi connectivity index (χ3v) is 6.71. The van der Waals surface area contributed by atoms with Gasteiger partial charge in [-0.1, -0.05) is 30.8 Å². The lowest BCUT2D eigenvalue weighted by molar-refractivity contribution is -0.295. The minimum Gasteiger partial charge on any atom is -0.463 e. The molecule has 27 heavy (non-hydrogen) atoms. The maximum absolute atomic E-state index is 12.1. The molecule has 3 atom stereocenters. The molecule has 0 bridgehead atoms. The molecule has 0 saturated carbocycles. The molecule has 1 aromatic carbocycles. The first-order chi connectivity index (χ1) is 12.8. The fourth-order valence-corrected chi connectivity index (χ4v) is 5.17. The number of aromatic nitrogens is 1. The highest BCUT2D eigenvalue weighted by molar-refractivity contribution is 8.01. The first kappa shape index (κ1) is 20.6. The first-order valence-corrected chi connectivity index (χ1v) is 11.2. The second-order valence-electron chi connectivity index (χ2n) is 7.29. The quantitative estimate of drug-likeness (QED) is 0.472. The third kappa shape index (κ3) is 5.91. The van der Waals surface area contributed by atoms with E-state index in [0.29, 0.717) is 6.42 Å². The Morgan fingerprint density at radius 1 is 1.37 bits per heavy atom. The third-order valence-electron chi connectivity index (χ3n) is 4.40. The number of hydrogen-bond donors (Lipinski definition) is 0. The number of hydrogen-bond acceptors (Lipinski definition) is 7. The second-order valence-corrected chi connectivity index (χ2v) is 9.58. The lowest BCUT2D eigenvalue weighted by atomic mass is 10.1. The summed E-state index contributed by atoms with van der Waals surface area (Å²) in [5.74, 6) is -0.133. The lowest BCUT2D eigenvalue weighted by Gasteiger charge is -2.40. The molecule has 1 aliphatic rings. The minimum absolute atomic E-state index is 0.00663. The number of nitrogens with zero attached hydrogens (tertiary/aromatic N) is 1. The summed E-state index contributed by atoms with van der Waals surface area (Å²) in [6, 6.07) is 8.15. The number of fused-ring (bicyclic) bond motifs is 1. The molecule has 7 heteroatoms. The Labute approximate surface area is 168 Å². The van der Waals surface area contributed by atoms with Gasteiger partial charge in [-0.25, -0.2) is 4.98 Å². The summed E-state index contributed by atoms with van der Waals surface area (Å²) in [7, 11) is 0. The zero-order chi connectivity index (χ0) is 19.4. The molecule has 2 aromatic rings. The van der Waals surface area contributed by atoms with Gasteiger partial charge in [0.25, 0.3) is 0 Å². The fraction of sp³-hybridized carbons (Fsp3) is 0.600. The molecule has 0 amide bonds. The molecule has 2 heterocycles. The molecule has 0 aliphatic carbocycles. The van der Waals surface area contributed by atoms with Crippen LogP contribution in [0.4, 0.5) is 0 Å². The van der Waals surface area contributed by atoms with Crippen LogP contribution < -0.4 is 0 Å². The minimum atomic E-state index is -0.710. The van der Waals surface area contributed by atoms with Crippen LogP contribution in [0.2, 0.25) is 0 Å². The van der Waals surface area contributed by atoms with Crippen LogP contribution in [-0.2, 0) is 19.0 Å². The molecule has 148 valence electrons. The molecule has 3 rings (SSSR count). The van der Waals surface area contributed by atoms with Crippen molar-refractivity contribution < 1.29 is 19.0 Å². The van der Waals surface area contributed by atoms with Crippen LogP contribution in [-0.4, -0.2) is 40.8 Å². The van der Waals surface area contributed by atoms with Crippen molar-refractivity contribution in [3.05, 3.63) is 24.3 Å². The van der Waals surface area contributed by atoms with Gasteiger partial charge >= 0.3 is 5.97 Å². The number of benzene rings is 1. The number of carbonyl (C=O) groups is 1. The molecule has 1 unspecified atom stereocenters. The van der Waals surface area contributed by atoms with Gasteiger partial charge in [0, 0.05) is 12.2 Å². The zero-order valence-corrected chi connectivity index (χ0v) is 17.9. The van der Waals surface area contributed by atoms with Gasteiger partial charge in [0.05, 0.1) is 34.9 Å². The Kier molecular flexibility index (Phi) is 6.78. The Hall–Kier alpha value is -1.15. The van der Waals surface area contributed by atoms with Crippen molar-refractivity contribution in [2.24, 2.45) is 0 Å². The average molecular weight is 410 g/mol. The first-order valence-electron chi connectivity index (χ1n) is 9.38. The Morgan fingerprint density at radius 3 is 2.85 bits per heavy atom. The topological polar surface area (TPSA) is 57.7 Å². The van der Waals surface area contributed by atoms with Crippen molar-refractivity contribution in [2.75, 3.05) is 5.75 Å². The largest absolute Gasteiger partial charge is 0.463 e. The molecule has 1 aromatic heterocycles. The van der Waals surface area contributed by atoms with Gasteiger partial charge in [-0.3, -0.25) is 4.79 Å². The van der Waals surface area contributed by atoms with E-state index < -0.39 is 5.79 Å². The van der Waals surface area contributed by atoms with E-state index in [1.807, 2.05) is 45.9 Å². The van der Waals surface area contributed by atoms with Gasteiger partial charge in [0.2, 0.25) is 0 Å². The van der Waals surface area contributed by atoms with E-state index in [1.54, 1.807) is 23.1 Å². The predicted molar refractivity (Wildman–Crippen MR) is 109 cm³/mol. The number of esters is 1. The predicted octanol–water partition coefficient (Wildman–Crippen LogP) is 5.03. The van der Waals surface area contributed by atoms with E-state index in [9.17, 15) is 4.79 Å². The van der Waals surface area contributed by atoms with Crippen molar-refractivity contribution in [1.82, 2.24) is 4.98 Å². The van der Waals surface area contributed by atoms with E-state index in [1.165, 1.54) is 4.70 Å². The fourth-order valence-electron chi connectivity index (χ4n) is 3.07. The van der Waals surface area contributed by atoms with E-state index in [-0.39, 0.29) is 30.7 Å². The van der Waals surface area contributed by atoms with Crippen molar-refractivity contribution in [3.63, 3.8) is 0 Å². The van der Waals surface area contributed by atoms with Crippen LogP contribution in [0.1, 0.15) is 47.0 Å². The summed E-state index contributed by atoms with van der Waals surface area (Å²) in [5, 5.41) is 0. The number of para-hydroxylation sites is 1. The highest BCUT2D eigenvalue weighted by atomic mass is 32.2. The zero-order valence-electron chi connectivity index (χ0n) is 16.3. The van der Waals surface area contributed by atoms with Gasteiger partial charge in [0.15, 0.2) is 10.1 Å². The molecular weight excluding hydrogens is 382 g/mol. The lowest BCUT2D eigenvalue weighted by Crippen LogP contribution is -2.46. The molecule has 1 saturated heterocycles. The number of thioether (sulfide) groups is 1. The SMILES string of the molecule is CCC(C)OC(=O)C[C@H]1C[C@@H](CSc2nc3ccccc3s2)OC(C)(C)O1. The average Bonchev–Trinajstić information content (AvgIpc) is 3.01. The van der Waals surface area contributed by atoms with Crippen LogP contribution in [0.25, 0.3) is 10.2 Å². The Morgan fingerprint density at radius 2 is 2.11 bits per heavy atom. The molecule has 5 nitrogen and oxygen atoms in total. The number of carbonyl (C=O) groups excluding carboxylic acids is 1. The number of ether oxygens (including phenoxy) is 3. The van der Waals surface area contributed by atoms with E-state index in [2.05, 4.69) is 11.1 Å². The molecule has 1 fully saturated rings. The summed E-state index contributed by atoms with van der Waals surface area (Å²) in [6.45, 7) is 7.70. The van der Waals surface area contributed by atoms with Crippen molar-refractivity contribution >= 4 is 39.3 Å². The van der Waals surface area contributed by atoms with Crippen LogP contribution in [0.15, 0.2) is 28.6 Å². The number of rotatable bonds is 7. The maximum atomic E-state index is 12.1. The van der Waals surface area contributed by atoms with Gasteiger partial charge < -0.3 is 14.2 Å². The van der Waals surface area contributed by atoms with Crippen molar-refractivity contribution in [1.29, 1.82) is 0 Å². The van der Waals surface area contributed by atoms with Crippen LogP contribution in [0.3, 0.4) is 0 Å². The monoisotopic (exact) mass is 409 g/mol. The van der Waals surface area contributed by atoms with Crippen molar-refractivity contribution in [2.45, 2.75) is 75.4 Å². The summed E-state index contributed by atoms with van der Waals surface area (Å²) < 4.78 is 19.6. The summed E-state index contributed by atoms with van der Waals surface area (Å²) in [6.07, 6.45) is 1.51. The Balaban J connectivity index is 1.57. The van der Waals surface area contributed by atoms with Crippen LogP contribution >= 0.6 is 23.1 Å². The second kappa shape index (κ2) is 8.90. The van der Waals surface area contributed by atoms with E-state index in [0.717, 1.165) is 22.0 Å². The molecule has 0 radical (unpaired) electrons. The summed E-state index contributed by atoms with van der Waals surface area (Å²) in [5.41, 5.74) is 1.03. The van der Waals surface area contributed by atoms with Gasteiger partial charge in [0.1, 0.15) is 0 Å². The molecular formula is C20H27NO4S2. The van der Waals surface area contributed by atoms with E-state index >= 15 is 0 Å². The highest BCUT2D eigenvalue weighted by Crippen LogP contribution is 2.34. The molecule has 0 spiro atoms. The standard InChI is InChI=1S/C20H27NO4S2/c1-5-13(2)23-18(22)11-14-10-15(25-20(3,4)24-14)12-26-19-21-16-8-6-7-9-17(16)27-19/h6-9,13-15H,5,10-12H2,1-4H3/t13?,14-,15+/m1/s1. The summed E-state index contributed by atoms with van der Waals surface area (Å²) >= 11 is 3.40. The van der Waals surface area contributed by atoms with Gasteiger partial charge in [-0.2, -0.15) is 0 Å². The van der Waals surface area contributed by atoms with Crippen molar-refractivity contribution in [3.8, 4) is 0 Å². The van der Waals surface area contributed by atoms with Gasteiger partial charge in [-0.15, -0.1) is 11.3 Å².